The van der Waals surface area contributed by atoms with Gasteiger partial charge in [0.15, 0.2) is 0 Å². The van der Waals surface area contributed by atoms with E-state index in [1.54, 1.807) is 13.0 Å². The average Bonchev–Trinajstić information content (AvgIpc) is 2.68. The molecule has 0 aliphatic heterocycles. The van der Waals surface area contributed by atoms with E-state index in [1.807, 2.05) is 0 Å². The normalized spacial score (nSPS) is 11.4. The molecule has 0 spiro atoms. The molecule has 0 aliphatic rings. The van der Waals surface area contributed by atoms with Gasteiger partial charge in [0.2, 0.25) is 0 Å². The summed E-state index contributed by atoms with van der Waals surface area (Å²) in [5.41, 5.74) is 0.945. The molecule has 0 saturated heterocycles. The van der Waals surface area contributed by atoms with Gasteiger partial charge in [-0.15, -0.1) is 0 Å². The highest BCUT2D eigenvalue weighted by atomic mass is 35.5. The van der Waals surface area contributed by atoms with E-state index in [0.29, 0.717) is 16.9 Å². The molecule has 0 unspecified atom stereocenters. The van der Waals surface area contributed by atoms with Gasteiger partial charge < -0.3 is 5.32 Å². The number of aromatic nitrogens is 2. The Balaban J connectivity index is 1.86. The van der Waals surface area contributed by atoms with Crippen molar-refractivity contribution in [3.05, 3.63) is 76.2 Å². The molecule has 3 aromatic rings. The predicted molar refractivity (Wildman–Crippen MR) is 101 cm³/mol. The lowest BCUT2D eigenvalue weighted by Gasteiger charge is -2.11. The van der Waals surface area contributed by atoms with Gasteiger partial charge in [0.25, 0.3) is 5.91 Å². The van der Waals surface area contributed by atoms with Crippen molar-refractivity contribution >= 4 is 23.2 Å². The van der Waals surface area contributed by atoms with Crippen molar-refractivity contribution in [1.29, 1.82) is 0 Å². The SMILES string of the molecule is Cc1nc(CF)ccc1C(=O)Nc1ccc(Cl)c(-c2ccc(C(F)(F)F)cn2)c1. The Morgan fingerprint density at radius 1 is 1.14 bits per heavy atom. The highest BCUT2D eigenvalue weighted by Gasteiger charge is 2.30. The zero-order chi connectivity index (χ0) is 21.2. The van der Waals surface area contributed by atoms with Crippen molar-refractivity contribution in [3.63, 3.8) is 0 Å². The molecule has 0 radical (unpaired) electrons. The van der Waals surface area contributed by atoms with Gasteiger partial charge in [0.05, 0.1) is 33.2 Å². The van der Waals surface area contributed by atoms with Crippen LogP contribution in [0.25, 0.3) is 11.3 Å². The molecular formula is C20H14ClF4N3O. The van der Waals surface area contributed by atoms with Gasteiger partial charge in [-0.25, -0.2) is 4.39 Å². The Labute approximate surface area is 168 Å². The summed E-state index contributed by atoms with van der Waals surface area (Å²) in [5, 5.41) is 2.93. The number of carbonyl (C=O) groups excluding carboxylic acids is 1. The van der Waals surface area contributed by atoms with E-state index < -0.39 is 24.3 Å². The number of nitrogens with zero attached hydrogens (tertiary/aromatic N) is 2. The summed E-state index contributed by atoms with van der Waals surface area (Å²) in [6.45, 7) is 0.858. The van der Waals surface area contributed by atoms with E-state index in [4.69, 9.17) is 11.6 Å². The first-order valence-corrected chi connectivity index (χ1v) is 8.74. The number of aryl methyl sites for hydroxylation is 1. The number of nitrogens with one attached hydrogen (secondary N) is 1. The van der Waals surface area contributed by atoms with Gasteiger partial charge in [0.1, 0.15) is 6.67 Å². The second-order valence-corrected chi connectivity index (χ2v) is 6.56. The molecule has 1 aromatic carbocycles. The molecule has 0 saturated carbocycles. The highest BCUT2D eigenvalue weighted by molar-refractivity contribution is 6.33. The van der Waals surface area contributed by atoms with Crippen molar-refractivity contribution in [2.45, 2.75) is 19.8 Å². The molecule has 2 heterocycles. The minimum atomic E-state index is -4.49. The lowest BCUT2D eigenvalue weighted by atomic mass is 10.1. The zero-order valence-corrected chi connectivity index (χ0v) is 15.8. The van der Waals surface area contributed by atoms with Crippen LogP contribution < -0.4 is 5.32 Å². The number of pyridine rings is 2. The first kappa shape index (κ1) is 20.7. The number of carbonyl (C=O) groups is 1. The molecule has 29 heavy (non-hydrogen) atoms. The number of amides is 1. The summed E-state index contributed by atoms with van der Waals surface area (Å²) in [7, 11) is 0. The second-order valence-electron chi connectivity index (χ2n) is 6.15. The number of benzene rings is 1. The number of hydrogen-bond acceptors (Lipinski definition) is 3. The van der Waals surface area contributed by atoms with Gasteiger partial charge in [-0.3, -0.25) is 14.8 Å². The fraction of sp³-hybridized carbons (Fsp3) is 0.150. The lowest BCUT2D eigenvalue weighted by Crippen LogP contribution is -2.14. The molecule has 9 heteroatoms. The molecule has 1 amide bonds. The van der Waals surface area contributed by atoms with Crippen LogP contribution in [0.5, 0.6) is 0 Å². The fourth-order valence-electron chi connectivity index (χ4n) is 2.65. The van der Waals surface area contributed by atoms with E-state index >= 15 is 0 Å². The van der Waals surface area contributed by atoms with Gasteiger partial charge in [-0.1, -0.05) is 11.6 Å². The standard InChI is InChI=1S/C20H14ClF4N3O/c1-11-15(5-3-14(9-22)27-11)19(29)28-13-4-6-17(21)16(8-13)18-7-2-12(10-26-18)20(23,24)25/h2-8,10H,9H2,1H3,(H,28,29). The first-order valence-electron chi connectivity index (χ1n) is 8.36. The highest BCUT2D eigenvalue weighted by Crippen LogP contribution is 2.33. The van der Waals surface area contributed by atoms with E-state index in [-0.39, 0.29) is 22.0 Å². The molecule has 150 valence electrons. The maximum Gasteiger partial charge on any atom is 0.417 e. The van der Waals surface area contributed by atoms with Gasteiger partial charge in [-0.2, -0.15) is 13.2 Å². The Hall–Kier alpha value is -3.00. The van der Waals surface area contributed by atoms with E-state index in [9.17, 15) is 22.4 Å². The summed E-state index contributed by atoms with van der Waals surface area (Å²) < 4.78 is 50.8. The predicted octanol–water partition coefficient (Wildman–Crippen LogP) is 5.85. The molecule has 0 aliphatic carbocycles. The number of rotatable bonds is 4. The average molecular weight is 424 g/mol. The van der Waals surface area contributed by atoms with Crippen LogP contribution in [-0.4, -0.2) is 15.9 Å². The molecule has 3 rings (SSSR count). The van der Waals surface area contributed by atoms with E-state index in [1.165, 1.54) is 30.3 Å². The monoisotopic (exact) mass is 423 g/mol. The summed E-state index contributed by atoms with van der Waals surface area (Å²) >= 11 is 6.15. The van der Waals surface area contributed by atoms with Crippen molar-refractivity contribution < 1.29 is 22.4 Å². The van der Waals surface area contributed by atoms with Crippen LogP contribution >= 0.6 is 11.6 Å². The van der Waals surface area contributed by atoms with E-state index in [0.717, 1.165) is 12.3 Å². The Bertz CT molecular complexity index is 1050. The molecular weight excluding hydrogens is 410 g/mol. The van der Waals surface area contributed by atoms with Crippen molar-refractivity contribution in [2.75, 3.05) is 5.32 Å². The number of halogens is 5. The molecule has 4 nitrogen and oxygen atoms in total. The first-order chi connectivity index (χ1) is 13.7. The topological polar surface area (TPSA) is 54.9 Å². The van der Waals surface area contributed by atoms with Gasteiger partial charge in [-0.05, 0) is 49.4 Å². The third kappa shape index (κ3) is 4.71. The van der Waals surface area contributed by atoms with Crippen LogP contribution in [0.2, 0.25) is 5.02 Å². The minimum absolute atomic E-state index is 0.223. The van der Waals surface area contributed by atoms with Crippen LogP contribution in [0.1, 0.15) is 27.3 Å². The van der Waals surface area contributed by atoms with Crippen molar-refractivity contribution in [2.24, 2.45) is 0 Å². The summed E-state index contributed by atoms with van der Waals surface area (Å²) in [5.74, 6) is -0.464. The third-order valence-electron chi connectivity index (χ3n) is 4.12. The van der Waals surface area contributed by atoms with Crippen molar-refractivity contribution in [3.8, 4) is 11.3 Å². The molecule has 0 fully saturated rings. The van der Waals surface area contributed by atoms with Gasteiger partial charge in [0, 0.05) is 17.4 Å². The Kier molecular flexibility index (Phi) is 5.83. The molecule has 0 atom stereocenters. The summed E-state index contributed by atoms with van der Waals surface area (Å²) in [4.78, 5) is 20.3. The quantitative estimate of drug-likeness (QED) is 0.536. The Morgan fingerprint density at radius 2 is 1.90 bits per heavy atom. The third-order valence-corrected chi connectivity index (χ3v) is 4.45. The zero-order valence-electron chi connectivity index (χ0n) is 15.0. The van der Waals surface area contributed by atoms with Crippen LogP contribution in [0.15, 0.2) is 48.7 Å². The van der Waals surface area contributed by atoms with E-state index in [2.05, 4.69) is 15.3 Å². The number of alkyl halides is 4. The summed E-state index contributed by atoms with van der Waals surface area (Å²) in [6, 6.07) is 9.57. The summed E-state index contributed by atoms with van der Waals surface area (Å²) in [6.07, 6.45) is -3.77. The minimum Gasteiger partial charge on any atom is -0.322 e. The van der Waals surface area contributed by atoms with Crippen LogP contribution in [-0.2, 0) is 12.9 Å². The fourth-order valence-corrected chi connectivity index (χ4v) is 2.86. The molecule has 1 N–H and O–H groups in total. The molecule has 0 bridgehead atoms. The largest absolute Gasteiger partial charge is 0.417 e. The number of hydrogen-bond donors (Lipinski definition) is 1. The molecule has 2 aromatic heterocycles. The van der Waals surface area contributed by atoms with Crippen LogP contribution in [0.3, 0.4) is 0 Å². The maximum absolute atomic E-state index is 12.7. The van der Waals surface area contributed by atoms with Crippen molar-refractivity contribution in [1.82, 2.24) is 9.97 Å². The lowest BCUT2D eigenvalue weighted by molar-refractivity contribution is -0.137. The second kappa shape index (κ2) is 8.16. The Morgan fingerprint density at radius 3 is 2.48 bits per heavy atom. The maximum atomic E-state index is 12.7. The van der Waals surface area contributed by atoms with Crippen LogP contribution in [0, 0.1) is 6.92 Å². The number of anilines is 1. The smallest absolute Gasteiger partial charge is 0.322 e. The van der Waals surface area contributed by atoms with Gasteiger partial charge >= 0.3 is 6.18 Å². The van der Waals surface area contributed by atoms with Crippen LogP contribution in [0.4, 0.5) is 23.2 Å².